The molecule has 128 valence electrons. The molecule has 1 aliphatic rings. The Labute approximate surface area is 137 Å². The lowest BCUT2D eigenvalue weighted by molar-refractivity contribution is -0.139. The number of carbonyl (C=O) groups is 1. The molecule has 0 bridgehead atoms. The quantitative estimate of drug-likeness (QED) is 0.757. The van der Waals surface area contributed by atoms with Crippen molar-refractivity contribution in [3.05, 3.63) is 23.8 Å². The number of likely N-dealkylation sites (N-methyl/N-ethyl adjacent to an activating group) is 1. The molecule has 0 spiro atoms. The van der Waals surface area contributed by atoms with Crippen molar-refractivity contribution >= 4 is 5.97 Å². The van der Waals surface area contributed by atoms with Crippen LogP contribution in [0.3, 0.4) is 0 Å². The zero-order valence-corrected chi connectivity index (χ0v) is 14.0. The molecule has 1 saturated heterocycles. The van der Waals surface area contributed by atoms with Crippen LogP contribution < -0.4 is 14.8 Å². The highest BCUT2D eigenvalue weighted by atomic mass is 16.5. The molecule has 1 aromatic rings. The Morgan fingerprint density at radius 3 is 2.74 bits per heavy atom. The summed E-state index contributed by atoms with van der Waals surface area (Å²) in [5.41, 5.74) is 1.17. The number of aliphatic carboxylic acids is 1. The third kappa shape index (κ3) is 4.59. The highest BCUT2D eigenvalue weighted by Crippen LogP contribution is 2.29. The summed E-state index contributed by atoms with van der Waals surface area (Å²) >= 11 is 0. The first kappa shape index (κ1) is 17.6. The molecule has 1 aromatic carbocycles. The standard InChI is InChI=1S/C17H26N2O4/c1-18-14(17(20)21)8-13-6-7-19(11-13)10-12-4-5-15(22-2)16(9-12)23-3/h4-5,9,13-14,18H,6-8,10-11H2,1-3H3,(H,20,21). The third-order valence-electron chi connectivity index (χ3n) is 4.44. The summed E-state index contributed by atoms with van der Waals surface area (Å²) < 4.78 is 10.6. The molecule has 6 nitrogen and oxygen atoms in total. The molecule has 23 heavy (non-hydrogen) atoms. The topological polar surface area (TPSA) is 71.0 Å². The predicted molar refractivity (Wildman–Crippen MR) is 88.0 cm³/mol. The van der Waals surface area contributed by atoms with Gasteiger partial charge in [-0.25, -0.2) is 0 Å². The Morgan fingerprint density at radius 1 is 1.39 bits per heavy atom. The van der Waals surface area contributed by atoms with Crippen LogP contribution in [0, 0.1) is 5.92 Å². The molecule has 2 rings (SSSR count). The van der Waals surface area contributed by atoms with Gasteiger partial charge in [0.05, 0.1) is 14.2 Å². The van der Waals surface area contributed by atoms with E-state index in [9.17, 15) is 4.79 Å². The van der Waals surface area contributed by atoms with Crippen molar-refractivity contribution in [2.45, 2.75) is 25.4 Å². The average Bonchev–Trinajstić information content (AvgIpc) is 2.99. The van der Waals surface area contributed by atoms with Gasteiger partial charge < -0.3 is 19.9 Å². The van der Waals surface area contributed by atoms with Crippen LogP contribution in [0.2, 0.25) is 0 Å². The van der Waals surface area contributed by atoms with Crippen molar-refractivity contribution in [1.82, 2.24) is 10.2 Å². The van der Waals surface area contributed by atoms with Gasteiger partial charge in [-0.3, -0.25) is 9.69 Å². The molecule has 0 saturated carbocycles. The van der Waals surface area contributed by atoms with Crippen LogP contribution in [0.1, 0.15) is 18.4 Å². The molecule has 1 fully saturated rings. The first-order chi connectivity index (χ1) is 11.1. The predicted octanol–water partition coefficient (Wildman–Crippen LogP) is 1.59. The molecule has 1 heterocycles. The Bertz CT molecular complexity index is 535. The highest BCUT2D eigenvalue weighted by molar-refractivity contribution is 5.73. The van der Waals surface area contributed by atoms with Gasteiger partial charge >= 0.3 is 5.97 Å². The monoisotopic (exact) mass is 322 g/mol. The van der Waals surface area contributed by atoms with E-state index in [1.165, 1.54) is 5.56 Å². The largest absolute Gasteiger partial charge is 0.493 e. The van der Waals surface area contributed by atoms with Gasteiger partial charge in [-0.2, -0.15) is 0 Å². The molecule has 0 aliphatic carbocycles. The van der Waals surface area contributed by atoms with Crippen molar-refractivity contribution in [3.8, 4) is 11.5 Å². The number of rotatable bonds is 8. The highest BCUT2D eigenvalue weighted by Gasteiger charge is 2.27. The number of methoxy groups -OCH3 is 2. The summed E-state index contributed by atoms with van der Waals surface area (Å²) in [6.45, 7) is 2.77. The van der Waals surface area contributed by atoms with E-state index in [0.717, 1.165) is 37.6 Å². The van der Waals surface area contributed by atoms with Crippen molar-refractivity contribution in [1.29, 1.82) is 0 Å². The van der Waals surface area contributed by atoms with E-state index in [-0.39, 0.29) is 0 Å². The number of hydrogen-bond donors (Lipinski definition) is 2. The number of likely N-dealkylation sites (tertiary alicyclic amines) is 1. The maximum atomic E-state index is 11.1. The van der Waals surface area contributed by atoms with Crippen LogP contribution in [0.25, 0.3) is 0 Å². The third-order valence-corrected chi connectivity index (χ3v) is 4.44. The van der Waals surface area contributed by atoms with Crippen LogP contribution in [-0.2, 0) is 11.3 Å². The number of carboxylic acid groups (broad SMARTS) is 1. The molecule has 0 aromatic heterocycles. The second kappa shape index (κ2) is 8.17. The maximum Gasteiger partial charge on any atom is 0.320 e. The van der Waals surface area contributed by atoms with Gasteiger partial charge in [0, 0.05) is 13.1 Å². The van der Waals surface area contributed by atoms with E-state index in [1.54, 1.807) is 21.3 Å². The van der Waals surface area contributed by atoms with Crippen LogP contribution in [0.4, 0.5) is 0 Å². The fraction of sp³-hybridized carbons (Fsp3) is 0.588. The summed E-state index contributed by atoms with van der Waals surface area (Å²) in [4.78, 5) is 13.5. The van der Waals surface area contributed by atoms with Gasteiger partial charge in [0.25, 0.3) is 0 Å². The fourth-order valence-corrected chi connectivity index (χ4v) is 3.16. The van der Waals surface area contributed by atoms with Gasteiger partial charge in [-0.05, 0) is 50.0 Å². The molecule has 2 atom stereocenters. The van der Waals surface area contributed by atoms with E-state index in [2.05, 4.69) is 10.2 Å². The number of nitrogens with one attached hydrogen (secondary N) is 1. The van der Waals surface area contributed by atoms with Gasteiger partial charge in [0.1, 0.15) is 6.04 Å². The van der Waals surface area contributed by atoms with E-state index < -0.39 is 12.0 Å². The Hall–Kier alpha value is -1.79. The minimum Gasteiger partial charge on any atom is -0.493 e. The molecule has 0 radical (unpaired) electrons. The average molecular weight is 322 g/mol. The SMILES string of the molecule is CNC(CC1CCN(Cc2ccc(OC)c(OC)c2)C1)C(=O)O. The fourth-order valence-electron chi connectivity index (χ4n) is 3.16. The van der Waals surface area contributed by atoms with Gasteiger partial charge in [-0.15, -0.1) is 0 Å². The first-order valence-electron chi connectivity index (χ1n) is 7.90. The van der Waals surface area contributed by atoms with Crippen LogP contribution in [0.5, 0.6) is 11.5 Å². The molecule has 2 unspecified atom stereocenters. The zero-order chi connectivity index (χ0) is 16.8. The molecular weight excluding hydrogens is 296 g/mol. The summed E-state index contributed by atoms with van der Waals surface area (Å²) in [5.74, 6) is 1.12. The van der Waals surface area contributed by atoms with Crippen LogP contribution >= 0.6 is 0 Å². The van der Waals surface area contributed by atoms with Crippen LogP contribution in [-0.4, -0.2) is 56.4 Å². The molecule has 2 N–H and O–H groups in total. The van der Waals surface area contributed by atoms with Crippen LogP contribution in [0.15, 0.2) is 18.2 Å². The van der Waals surface area contributed by atoms with E-state index in [4.69, 9.17) is 14.6 Å². The molecule has 1 aliphatic heterocycles. The van der Waals surface area contributed by atoms with Crippen molar-refractivity contribution < 1.29 is 19.4 Å². The normalized spacial score (nSPS) is 19.5. The number of benzene rings is 1. The summed E-state index contributed by atoms with van der Waals surface area (Å²) in [6, 6.07) is 5.51. The lowest BCUT2D eigenvalue weighted by atomic mass is 9.99. The number of nitrogens with zero attached hydrogens (tertiary/aromatic N) is 1. The summed E-state index contributed by atoms with van der Waals surface area (Å²) in [5, 5.41) is 12.0. The van der Waals surface area contributed by atoms with Gasteiger partial charge in [0.2, 0.25) is 0 Å². The molecule has 6 heteroatoms. The minimum absolute atomic E-state index is 0.420. The van der Waals surface area contributed by atoms with Gasteiger partial charge in [0.15, 0.2) is 11.5 Å². The number of ether oxygens (including phenoxy) is 2. The smallest absolute Gasteiger partial charge is 0.320 e. The summed E-state index contributed by atoms with van der Waals surface area (Å²) in [6.07, 6.45) is 1.72. The van der Waals surface area contributed by atoms with Crippen molar-refractivity contribution in [3.63, 3.8) is 0 Å². The number of hydrogen-bond acceptors (Lipinski definition) is 5. The van der Waals surface area contributed by atoms with E-state index >= 15 is 0 Å². The summed E-state index contributed by atoms with van der Waals surface area (Å²) in [7, 11) is 4.97. The maximum absolute atomic E-state index is 11.1. The molecule has 0 amide bonds. The van der Waals surface area contributed by atoms with E-state index in [0.29, 0.717) is 12.3 Å². The molecular formula is C17H26N2O4. The second-order valence-electron chi connectivity index (χ2n) is 5.99. The lowest BCUT2D eigenvalue weighted by Gasteiger charge is -2.19. The number of carboxylic acids is 1. The van der Waals surface area contributed by atoms with E-state index in [1.807, 2.05) is 18.2 Å². The Kier molecular flexibility index (Phi) is 6.24. The first-order valence-corrected chi connectivity index (χ1v) is 7.90. The Balaban J connectivity index is 1.91. The van der Waals surface area contributed by atoms with Gasteiger partial charge in [-0.1, -0.05) is 6.07 Å². The zero-order valence-electron chi connectivity index (χ0n) is 14.0. The second-order valence-corrected chi connectivity index (χ2v) is 5.99. The van der Waals surface area contributed by atoms with Crippen molar-refractivity contribution in [2.24, 2.45) is 5.92 Å². The minimum atomic E-state index is -0.772. The van der Waals surface area contributed by atoms with Crippen molar-refractivity contribution in [2.75, 3.05) is 34.4 Å². The Morgan fingerprint density at radius 2 is 2.13 bits per heavy atom. The lowest BCUT2D eigenvalue weighted by Crippen LogP contribution is -2.36.